The molecule has 0 aliphatic carbocycles. The van der Waals surface area contributed by atoms with Gasteiger partial charge in [-0.25, -0.2) is 4.79 Å². The number of carbonyl (C=O) groups is 2. The molecule has 5 nitrogen and oxygen atoms in total. The highest BCUT2D eigenvalue weighted by Crippen LogP contribution is 2.37. The maximum absolute atomic E-state index is 13.2. The van der Waals surface area contributed by atoms with E-state index in [0.29, 0.717) is 27.7 Å². The smallest absolute Gasteiger partial charge is 0.340 e. The van der Waals surface area contributed by atoms with Crippen LogP contribution < -0.4 is 9.64 Å². The van der Waals surface area contributed by atoms with E-state index >= 15 is 0 Å². The molecule has 138 valence electrons. The molecular formula is C21H18ClNO4. The summed E-state index contributed by atoms with van der Waals surface area (Å²) in [5, 5.41) is 0.486. The fraction of sp³-hybridized carbons (Fsp3) is 0.143. The molecule has 0 saturated heterocycles. The Balaban J connectivity index is 2.16. The third-order valence-electron chi connectivity index (χ3n) is 4.31. The van der Waals surface area contributed by atoms with Crippen LogP contribution in [-0.2, 0) is 14.3 Å². The molecule has 0 radical (unpaired) electrons. The molecule has 0 aromatic heterocycles. The molecular weight excluding hydrogens is 366 g/mol. The van der Waals surface area contributed by atoms with Gasteiger partial charge in [0.25, 0.3) is 5.91 Å². The van der Waals surface area contributed by atoms with Crippen LogP contribution in [-0.4, -0.2) is 26.1 Å². The molecule has 1 aliphatic rings. The predicted octanol–water partition coefficient (Wildman–Crippen LogP) is 4.23. The number of methoxy groups -OCH3 is 2. The molecule has 0 unspecified atom stereocenters. The second kappa shape index (κ2) is 7.68. The summed E-state index contributed by atoms with van der Waals surface area (Å²) < 4.78 is 10.1. The molecule has 0 atom stereocenters. The maximum atomic E-state index is 13.2. The van der Waals surface area contributed by atoms with Crippen LogP contribution >= 0.6 is 11.6 Å². The quantitative estimate of drug-likeness (QED) is 0.585. The Morgan fingerprint density at radius 3 is 2.52 bits per heavy atom. The fourth-order valence-electron chi connectivity index (χ4n) is 2.99. The summed E-state index contributed by atoms with van der Waals surface area (Å²) in [6.07, 6.45) is 1.61. The van der Waals surface area contributed by atoms with E-state index in [1.807, 2.05) is 6.07 Å². The van der Waals surface area contributed by atoms with Crippen molar-refractivity contribution >= 4 is 35.2 Å². The van der Waals surface area contributed by atoms with E-state index < -0.39 is 5.97 Å². The molecule has 3 rings (SSSR count). The number of rotatable bonds is 4. The van der Waals surface area contributed by atoms with Gasteiger partial charge in [-0.05, 0) is 36.8 Å². The van der Waals surface area contributed by atoms with Crippen LogP contribution in [0.15, 0.2) is 65.4 Å². The second-order valence-electron chi connectivity index (χ2n) is 5.87. The maximum Gasteiger partial charge on any atom is 0.340 e. The number of esters is 1. The van der Waals surface area contributed by atoms with Gasteiger partial charge in [0.05, 0.1) is 31.1 Å². The first kappa shape index (κ1) is 18.7. The van der Waals surface area contributed by atoms with Gasteiger partial charge >= 0.3 is 5.97 Å². The summed E-state index contributed by atoms with van der Waals surface area (Å²) in [5.74, 6) is -0.304. The summed E-state index contributed by atoms with van der Waals surface area (Å²) in [4.78, 5) is 27.1. The van der Waals surface area contributed by atoms with Gasteiger partial charge in [0.1, 0.15) is 5.75 Å². The Bertz CT molecular complexity index is 978. The third-order valence-corrected chi connectivity index (χ3v) is 4.65. The molecule has 0 spiro atoms. The number of ether oxygens (including phenoxy) is 2. The van der Waals surface area contributed by atoms with E-state index in [9.17, 15) is 9.59 Å². The standard InChI is InChI=1S/C21H18ClNO4/c1-13-19(21(25)27-3)17(11-14-7-4-5-10-18(14)22)20(24)23(13)15-8-6-9-16(12-15)26-2/h4-12H,1-3H3/b17-11-. The highest BCUT2D eigenvalue weighted by molar-refractivity contribution is 6.32. The van der Waals surface area contributed by atoms with Gasteiger partial charge in [-0.3, -0.25) is 9.69 Å². The van der Waals surface area contributed by atoms with E-state index in [4.69, 9.17) is 21.1 Å². The first-order valence-corrected chi connectivity index (χ1v) is 8.60. The van der Waals surface area contributed by atoms with Gasteiger partial charge < -0.3 is 9.47 Å². The minimum atomic E-state index is -0.579. The summed E-state index contributed by atoms with van der Waals surface area (Å²) in [6, 6.07) is 14.2. The Labute approximate surface area is 162 Å². The zero-order chi connectivity index (χ0) is 19.6. The van der Waals surface area contributed by atoms with Crippen LogP contribution in [0.2, 0.25) is 5.02 Å². The number of hydrogen-bond donors (Lipinski definition) is 0. The lowest BCUT2D eigenvalue weighted by Crippen LogP contribution is -2.24. The van der Waals surface area contributed by atoms with Crippen molar-refractivity contribution in [1.82, 2.24) is 0 Å². The molecule has 0 fully saturated rings. The Morgan fingerprint density at radius 1 is 1.11 bits per heavy atom. The van der Waals surface area contributed by atoms with Crippen LogP contribution in [0.3, 0.4) is 0 Å². The lowest BCUT2D eigenvalue weighted by atomic mass is 10.0. The van der Waals surface area contributed by atoms with Crippen molar-refractivity contribution in [3.8, 4) is 5.75 Å². The summed E-state index contributed by atoms with van der Waals surface area (Å²) in [7, 11) is 2.84. The Hall–Kier alpha value is -3.05. The van der Waals surface area contributed by atoms with Crippen molar-refractivity contribution in [3.05, 3.63) is 76.0 Å². The monoisotopic (exact) mass is 383 g/mol. The third kappa shape index (κ3) is 3.46. The van der Waals surface area contributed by atoms with Crippen molar-refractivity contribution in [1.29, 1.82) is 0 Å². The molecule has 0 N–H and O–H groups in total. The molecule has 27 heavy (non-hydrogen) atoms. The first-order valence-electron chi connectivity index (χ1n) is 8.22. The molecule has 2 aromatic carbocycles. The van der Waals surface area contributed by atoms with Crippen LogP contribution in [0.25, 0.3) is 6.08 Å². The summed E-state index contributed by atoms with van der Waals surface area (Å²) in [5.41, 5.74) is 2.17. The van der Waals surface area contributed by atoms with Gasteiger partial charge in [0.2, 0.25) is 0 Å². The highest BCUT2D eigenvalue weighted by Gasteiger charge is 2.38. The van der Waals surface area contributed by atoms with E-state index in [-0.39, 0.29) is 17.1 Å². The predicted molar refractivity (Wildman–Crippen MR) is 105 cm³/mol. The number of amides is 1. The minimum Gasteiger partial charge on any atom is -0.497 e. The zero-order valence-electron chi connectivity index (χ0n) is 15.2. The molecule has 1 amide bonds. The van der Waals surface area contributed by atoms with Gasteiger partial charge in [0, 0.05) is 16.8 Å². The molecule has 1 aliphatic heterocycles. The first-order chi connectivity index (χ1) is 13.0. The molecule has 6 heteroatoms. The van der Waals surface area contributed by atoms with Gasteiger partial charge in [-0.15, -0.1) is 0 Å². The summed E-state index contributed by atoms with van der Waals surface area (Å²) in [6.45, 7) is 1.71. The largest absolute Gasteiger partial charge is 0.497 e. The fourth-order valence-corrected chi connectivity index (χ4v) is 3.18. The van der Waals surface area contributed by atoms with Gasteiger partial charge in [-0.1, -0.05) is 35.9 Å². The van der Waals surface area contributed by atoms with Crippen LogP contribution in [0.4, 0.5) is 5.69 Å². The Kier molecular flexibility index (Phi) is 5.33. The van der Waals surface area contributed by atoms with Crippen molar-refractivity contribution in [3.63, 3.8) is 0 Å². The van der Waals surface area contributed by atoms with Crippen molar-refractivity contribution in [2.24, 2.45) is 0 Å². The van der Waals surface area contributed by atoms with Crippen LogP contribution in [0.1, 0.15) is 12.5 Å². The van der Waals surface area contributed by atoms with E-state index in [1.54, 1.807) is 62.6 Å². The average Bonchev–Trinajstić information content (AvgIpc) is 2.93. The normalized spacial score (nSPS) is 15.5. The lowest BCUT2D eigenvalue weighted by Gasteiger charge is -2.18. The van der Waals surface area contributed by atoms with Crippen molar-refractivity contribution < 1.29 is 19.1 Å². The topological polar surface area (TPSA) is 55.8 Å². The average molecular weight is 384 g/mol. The number of hydrogen-bond acceptors (Lipinski definition) is 4. The molecule has 1 heterocycles. The van der Waals surface area contributed by atoms with E-state index in [0.717, 1.165) is 0 Å². The molecule has 2 aromatic rings. The van der Waals surface area contributed by atoms with Crippen molar-refractivity contribution in [2.45, 2.75) is 6.92 Å². The Morgan fingerprint density at radius 2 is 1.85 bits per heavy atom. The van der Waals surface area contributed by atoms with Crippen LogP contribution in [0.5, 0.6) is 5.75 Å². The number of carbonyl (C=O) groups excluding carboxylic acids is 2. The van der Waals surface area contributed by atoms with Gasteiger partial charge in [-0.2, -0.15) is 0 Å². The molecule has 0 saturated carbocycles. The molecule has 0 bridgehead atoms. The van der Waals surface area contributed by atoms with Crippen molar-refractivity contribution in [2.75, 3.05) is 19.1 Å². The number of allylic oxidation sites excluding steroid dienone is 1. The second-order valence-corrected chi connectivity index (χ2v) is 6.28. The number of benzene rings is 2. The number of nitrogens with zero attached hydrogens (tertiary/aromatic N) is 1. The number of halogens is 1. The minimum absolute atomic E-state index is 0.213. The SMILES string of the molecule is COC(=O)C1=C(C)N(c2cccc(OC)c2)C(=O)/C1=C\c1ccccc1Cl. The number of anilines is 1. The van der Waals surface area contributed by atoms with E-state index in [2.05, 4.69) is 0 Å². The zero-order valence-corrected chi connectivity index (χ0v) is 15.9. The van der Waals surface area contributed by atoms with Gasteiger partial charge in [0.15, 0.2) is 0 Å². The van der Waals surface area contributed by atoms with E-state index in [1.165, 1.54) is 12.0 Å². The van der Waals surface area contributed by atoms with Crippen LogP contribution in [0, 0.1) is 0 Å². The summed E-state index contributed by atoms with van der Waals surface area (Å²) >= 11 is 6.22. The highest BCUT2D eigenvalue weighted by atomic mass is 35.5. The lowest BCUT2D eigenvalue weighted by molar-refractivity contribution is -0.136.